The molecule has 0 aliphatic heterocycles. The molecule has 0 heterocycles. The molecule has 1 aliphatic carbocycles. The van der Waals surface area contributed by atoms with Gasteiger partial charge in [-0.2, -0.15) is 0 Å². The third-order valence-corrected chi connectivity index (χ3v) is 7.46. The second kappa shape index (κ2) is 8.14. The molecule has 0 bridgehead atoms. The van der Waals surface area contributed by atoms with Gasteiger partial charge in [0, 0.05) is 18.6 Å². The molecule has 1 saturated carbocycles. The van der Waals surface area contributed by atoms with Gasteiger partial charge in [-0.05, 0) is 60.2 Å². The summed E-state index contributed by atoms with van der Waals surface area (Å²) in [6.07, 6.45) is 0. The zero-order valence-electron chi connectivity index (χ0n) is 17.4. The first kappa shape index (κ1) is 21.9. The second-order valence-electron chi connectivity index (χ2n) is 8.03. The van der Waals surface area contributed by atoms with Crippen molar-refractivity contribution in [2.24, 2.45) is 11.3 Å². The van der Waals surface area contributed by atoms with Crippen LogP contribution in [0, 0.1) is 11.3 Å². The van der Waals surface area contributed by atoms with Crippen molar-refractivity contribution >= 4 is 27.3 Å². The Bertz CT molecular complexity index is 977. The molecule has 6 nitrogen and oxygen atoms in total. The third-order valence-electron chi connectivity index (χ3n) is 5.86. The number of nitrogens with one attached hydrogen (secondary N) is 2. The van der Waals surface area contributed by atoms with E-state index >= 15 is 0 Å². The van der Waals surface area contributed by atoms with E-state index < -0.39 is 10.0 Å². The lowest BCUT2D eigenvalue weighted by molar-refractivity contribution is 0.414. The Balaban J connectivity index is 1.77. The maximum absolute atomic E-state index is 12.1. The Morgan fingerprint density at radius 3 is 2.41 bits per heavy atom. The molecular formula is C21H28ClN3O3S. The number of hydrazine groups is 1. The highest BCUT2D eigenvalue weighted by Gasteiger charge is 2.58. The lowest BCUT2D eigenvalue weighted by atomic mass is 10.0. The summed E-state index contributed by atoms with van der Waals surface area (Å²) in [6.45, 7) is 5.34. The lowest BCUT2D eigenvalue weighted by Crippen LogP contribution is -2.34. The summed E-state index contributed by atoms with van der Waals surface area (Å²) in [6, 6.07) is 12.8. The van der Waals surface area contributed by atoms with Gasteiger partial charge in [0.25, 0.3) is 10.0 Å². The molecule has 2 aromatic rings. The van der Waals surface area contributed by atoms with E-state index in [1.165, 1.54) is 7.05 Å². The lowest BCUT2D eigenvalue weighted by Gasteiger charge is -2.22. The molecule has 1 fully saturated rings. The summed E-state index contributed by atoms with van der Waals surface area (Å²) in [5, 5.41) is 0.672. The quantitative estimate of drug-likeness (QED) is 0.617. The van der Waals surface area contributed by atoms with Gasteiger partial charge in [-0.15, -0.1) is 4.83 Å². The average Bonchev–Trinajstić information content (AvgIpc) is 3.21. The van der Waals surface area contributed by atoms with Crippen LogP contribution in [0.3, 0.4) is 0 Å². The minimum atomic E-state index is -3.54. The molecule has 29 heavy (non-hydrogen) atoms. The van der Waals surface area contributed by atoms with Crippen molar-refractivity contribution in [2.75, 3.05) is 32.6 Å². The molecule has 1 aliphatic rings. The highest BCUT2D eigenvalue weighted by atomic mass is 35.5. The fourth-order valence-electron chi connectivity index (χ4n) is 4.15. The van der Waals surface area contributed by atoms with E-state index in [0.29, 0.717) is 16.9 Å². The Labute approximate surface area is 178 Å². The maximum atomic E-state index is 12.1. The highest BCUT2D eigenvalue weighted by Crippen LogP contribution is 2.64. The summed E-state index contributed by atoms with van der Waals surface area (Å²) in [4.78, 5) is 4.70. The van der Waals surface area contributed by atoms with E-state index in [1.54, 1.807) is 19.2 Å². The number of nitrogens with zero attached hydrogens (tertiary/aromatic N) is 1. The highest BCUT2D eigenvalue weighted by molar-refractivity contribution is 7.89. The van der Waals surface area contributed by atoms with Crippen LogP contribution in [-0.2, 0) is 10.0 Å². The zero-order chi connectivity index (χ0) is 21.4. The normalized spacial score (nSPS) is 20.3. The van der Waals surface area contributed by atoms with Crippen LogP contribution in [0.1, 0.15) is 25.3 Å². The predicted molar refractivity (Wildman–Crippen MR) is 117 cm³/mol. The fraction of sp³-hybridized carbons (Fsp3) is 0.429. The molecule has 8 heteroatoms. The minimum Gasteiger partial charge on any atom is -0.495 e. The van der Waals surface area contributed by atoms with Crippen LogP contribution in [-0.4, -0.2) is 36.2 Å². The van der Waals surface area contributed by atoms with Crippen molar-refractivity contribution in [1.82, 2.24) is 10.3 Å². The van der Waals surface area contributed by atoms with Crippen LogP contribution in [0.4, 0.5) is 5.69 Å². The largest absolute Gasteiger partial charge is 0.495 e. The van der Waals surface area contributed by atoms with E-state index in [1.807, 2.05) is 37.4 Å². The number of hydrogen-bond donors (Lipinski definition) is 2. The van der Waals surface area contributed by atoms with Gasteiger partial charge < -0.3 is 9.64 Å². The van der Waals surface area contributed by atoms with Gasteiger partial charge >= 0.3 is 0 Å². The number of rotatable bonds is 8. The maximum Gasteiger partial charge on any atom is 0.253 e. The van der Waals surface area contributed by atoms with Crippen LogP contribution in [0.2, 0.25) is 5.02 Å². The predicted octanol–water partition coefficient (Wildman–Crippen LogP) is 3.64. The number of halogens is 1. The van der Waals surface area contributed by atoms with Gasteiger partial charge in [-0.3, -0.25) is 0 Å². The van der Waals surface area contributed by atoms with E-state index in [9.17, 15) is 8.42 Å². The SMILES string of the molecule is CNNS(=O)(=O)c1ccc(C2C(CN(C)c3cc(Cl)ccc3OC)C2(C)C)cc1. The molecule has 0 radical (unpaired) electrons. The molecule has 2 atom stereocenters. The Morgan fingerprint density at radius 1 is 1.17 bits per heavy atom. The summed E-state index contributed by atoms with van der Waals surface area (Å²) in [7, 11) is 1.68. The number of hydrogen-bond acceptors (Lipinski definition) is 5. The van der Waals surface area contributed by atoms with Gasteiger partial charge in [0.15, 0.2) is 0 Å². The molecule has 0 amide bonds. The van der Waals surface area contributed by atoms with Crippen LogP contribution in [0.25, 0.3) is 0 Å². The van der Waals surface area contributed by atoms with Crippen LogP contribution in [0.15, 0.2) is 47.4 Å². The van der Waals surface area contributed by atoms with E-state index in [0.717, 1.165) is 23.5 Å². The summed E-state index contributed by atoms with van der Waals surface area (Å²) in [5.41, 5.74) is 4.69. The van der Waals surface area contributed by atoms with Crippen molar-refractivity contribution in [3.05, 3.63) is 53.1 Å². The first-order valence-electron chi connectivity index (χ1n) is 9.45. The van der Waals surface area contributed by atoms with Gasteiger partial charge in [0.1, 0.15) is 5.75 Å². The molecular weight excluding hydrogens is 410 g/mol. The van der Waals surface area contributed by atoms with Gasteiger partial charge in [0.2, 0.25) is 0 Å². The molecule has 2 unspecified atom stereocenters. The van der Waals surface area contributed by atoms with Crippen LogP contribution >= 0.6 is 11.6 Å². The van der Waals surface area contributed by atoms with Gasteiger partial charge in [0.05, 0.1) is 17.7 Å². The van der Waals surface area contributed by atoms with Gasteiger partial charge in [-0.25, -0.2) is 13.8 Å². The molecule has 158 valence electrons. The molecule has 2 N–H and O–H groups in total. The molecule has 2 aromatic carbocycles. The zero-order valence-corrected chi connectivity index (χ0v) is 18.9. The summed E-state index contributed by atoms with van der Waals surface area (Å²) < 4.78 is 29.7. The van der Waals surface area contributed by atoms with E-state index in [4.69, 9.17) is 16.3 Å². The van der Waals surface area contributed by atoms with Crippen molar-refractivity contribution in [3.8, 4) is 5.75 Å². The summed E-state index contributed by atoms with van der Waals surface area (Å²) in [5.74, 6) is 1.57. The molecule has 3 rings (SSSR count). The topological polar surface area (TPSA) is 70.7 Å². The molecule has 0 saturated heterocycles. The number of anilines is 1. The Hall–Kier alpha value is -1.80. The minimum absolute atomic E-state index is 0.115. The van der Waals surface area contributed by atoms with Crippen molar-refractivity contribution in [2.45, 2.75) is 24.7 Å². The first-order valence-corrected chi connectivity index (χ1v) is 11.3. The first-order chi connectivity index (χ1) is 13.6. The Morgan fingerprint density at radius 2 is 1.83 bits per heavy atom. The van der Waals surface area contributed by atoms with Gasteiger partial charge in [-0.1, -0.05) is 37.6 Å². The fourth-order valence-corrected chi connectivity index (χ4v) is 5.20. The van der Waals surface area contributed by atoms with E-state index in [2.05, 4.69) is 29.0 Å². The van der Waals surface area contributed by atoms with Crippen molar-refractivity contribution < 1.29 is 13.2 Å². The Kier molecular flexibility index (Phi) is 6.15. The number of ether oxygens (including phenoxy) is 1. The second-order valence-corrected chi connectivity index (χ2v) is 10.1. The van der Waals surface area contributed by atoms with Crippen LogP contribution < -0.4 is 19.9 Å². The molecule has 0 aromatic heterocycles. The number of methoxy groups -OCH3 is 1. The average molecular weight is 438 g/mol. The van der Waals surface area contributed by atoms with Crippen LogP contribution in [0.5, 0.6) is 5.75 Å². The number of benzene rings is 2. The standard InChI is InChI=1S/C21H28ClN3O3S/c1-21(2)17(13-25(4)18-12-15(22)8-11-19(18)28-5)20(21)14-6-9-16(10-7-14)29(26,27)24-23-3/h6-12,17,20,23-24H,13H2,1-5H3. The van der Waals surface area contributed by atoms with Crippen molar-refractivity contribution in [3.63, 3.8) is 0 Å². The molecule has 0 spiro atoms. The third kappa shape index (κ3) is 4.38. The van der Waals surface area contributed by atoms with E-state index in [-0.39, 0.29) is 10.3 Å². The van der Waals surface area contributed by atoms with Crippen molar-refractivity contribution in [1.29, 1.82) is 0 Å². The number of sulfonamides is 1. The smallest absolute Gasteiger partial charge is 0.253 e. The monoisotopic (exact) mass is 437 g/mol. The summed E-state index contributed by atoms with van der Waals surface area (Å²) >= 11 is 6.18.